The molecule has 156 valence electrons. The number of methoxy groups -OCH3 is 2. The standard InChI is InChI=1S/C21H20N6O2.Pt/c1-21(2,15-7-5-9-17(22-15)26-13-11-19(24-26)28-3)16-8-6-10-18(23-16)27-14-12-20(25-27)29-4;/h5-12H,1-4H3;/q-2;+2. The van der Waals surface area contributed by atoms with Crippen molar-refractivity contribution in [3.05, 3.63) is 72.3 Å². The molecule has 0 atom stereocenters. The Balaban J connectivity index is 0.00000256. The minimum absolute atomic E-state index is 0. The number of nitrogens with zero attached hydrogens (tertiary/aromatic N) is 6. The van der Waals surface area contributed by atoms with Crippen LogP contribution in [0.15, 0.2) is 48.5 Å². The summed E-state index contributed by atoms with van der Waals surface area (Å²) in [5.74, 6) is 2.27. The summed E-state index contributed by atoms with van der Waals surface area (Å²) in [6, 6.07) is 14.9. The van der Waals surface area contributed by atoms with E-state index in [9.17, 15) is 0 Å². The van der Waals surface area contributed by atoms with Gasteiger partial charge in [0, 0.05) is 16.8 Å². The normalized spacial score (nSPS) is 11.1. The molecule has 0 aliphatic carbocycles. The van der Waals surface area contributed by atoms with E-state index in [-0.39, 0.29) is 21.1 Å². The first-order chi connectivity index (χ1) is 14.0. The van der Waals surface area contributed by atoms with Gasteiger partial charge < -0.3 is 18.8 Å². The van der Waals surface area contributed by atoms with Crippen molar-refractivity contribution in [2.45, 2.75) is 19.3 Å². The SMILES string of the molecule is COc1c[c-]n(-c2cccc(C(C)(C)c3cccc(-n4[c-]cc(OC)n4)n3)n2)n1.[Pt+2]. The van der Waals surface area contributed by atoms with Crippen molar-refractivity contribution in [3.8, 4) is 23.4 Å². The summed E-state index contributed by atoms with van der Waals surface area (Å²) in [6.45, 7) is 4.15. The van der Waals surface area contributed by atoms with Crippen molar-refractivity contribution in [1.82, 2.24) is 29.5 Å². The molecule has 0 amide bonds. The molecule has 0 saturated heterocycles. The molecule has 0 aromatic carbocycles. The van der Waals surface area contributed by atoms with Crippen LogP contribution in [-0.2, 0) is 26.5 Å². The summed E-state index contributed by atoms with van der Waals surface area (Å²) in [4.78, 5) is 9.56. The van der Waals surface area contributed by atoms with Crippen LogP contribution in [0.5, 0.6) is 11.8 Å². The maximum Gasteiger partial charge on any atom is 2.00 e. The Bertz CT molecular complexity index is 1050. The fourth-order valence-electron chi connectivity index (χ4n) is 2.89. The molecule has 4 aromatic rings. The fourth-order valence-corrected chi connectivity index (χ4v) is 2.89. The Morgan fingerprint density at radius 3 is 1.57 bits per heavy atom. The maximum absolute atomic E-state index is 5.13. The van der Waals surface area contributed by atoms with Crippen molar-refractivity contribution < 1.29 is 30.5 Å². The zero-order chi connectivity index (χ0) is 20.4. The average Bonchev–Trinajstić information content (AvgIpc) is 3.43. The number of aromatic nitrogens is 6. The second kappa shape index (κ2) is 8.79. The molecule has 0 N–H and O–H groups in total. The van der Waals surface area contributed by atoms with Crippen LogP contribution in [0.3, 0.4) is 0 Å². The molecule has 0 spiro atoms. The summed E-state index contributed by atoms with van der Waals surface area (Å²) < 4.78 is 13.4. The summed E-state index contributed by atoms with van der Waals surface area (Å²) in [7, 11) is 3.14. The first kappa shape index (κ1) is 21.7. The number of hydrogen-bond donors (Lipinski definition) is 0. The van der Waals surface area contributed by atoms with E-state index in [1.54, 1.807) is 35.7 Å². The molecule has 0 fully saturated rings. The third kappa shape index (κ3) is 4.14. The fraction of sp³-hybridized carbons (Fsp3) is 0.238. The molecule has 4 aromatic heterocycles. The van der Waals surface area contributed by atoms with Gasteiger partial charge in [0.05, 0.1) is 25.9 Å². The van der Waals surface area contributed by atoms with Crippen molar-refractivity contribution in [3.63, 3.8) is 0 Å². The molecule has 8 nitrogen and oxygen atoms in total. The molecule has 0 unspecified atom stereocenters. The van der Waals surface area contributed by atoms with Crippen LogP contribution in [0.25, 0.3) is 11.6 Å². The molecule has 30 heavy (non-hydrogen) atoms. The molecule has 9 heteroatoms. The van der Waals surface area contributed by atoms with Gasteiger partial charge in [0.15, 0.2) is 0 Å². The average molecular weight is 584 g/mol. The quantitative estimate of drug-likeness (QED) is 0.325. The topological polar surface area (TPSA) is 79.9 Å². The summed E-state index contributed by atoms with van der Waals surface area (Å²) in [5.41, 5.74) is 1.25. The van der Waals surface area contributed by atoms with Gasteiger partial charge in [0.25, 0.3) is 0 Å². The van der Waals surface area contributed by atoms with Crippen LogP contribution in [0.4, 0.5) is 0 Å². The number of hydrogen-bond acceptors (Lipinski definition) is 6. The Labute approximate surface area is 189 Å². The van der Waals surface area contributed by atoms with Gasteiger partial charge in [-0.25, -0.2) is 10.2 Å². The molecule has 4 rings (SSSR count). The number of rotatable bonds is 6. The zero-order valence-electron chi connectivity index (χ0n) is 16.9. The van der Waals surface area contributed by atoms with Crippen LogP contribution in [-0.4, -0.2) is 43.7 Å². The van der Waals surface area contributed by atoms with Gasteiger partial charge in [-0.3, -0.25) is 9.97 Å². The van der Waals surface area contributed by atoms with Gasteiger partial charge in [-0.2, -0.15) is 0 Å². The maximum atomic E-state index is 5.13. The molecule has 0 bridgehead atoms. The van der Waals surface area contributed by atoms with Crippen LogP contribution < -0.4 is 9.47 Å². The molecule has 0 aliphatic heterocycles. The predicted octanol–water partition coefficient (Wildman–Crippen LogP) is 2.79. The second-order valence-corrected chi connectivity index (χ2v) is 6.84. The van der Waals surface area contributed by atoms with E-state index in [1.807, 2.05) is 36.4 Å². The summed E-state index contributed by atoms with van der Waals surface area (Å²) >= 11 is 0. The zero-order valence-corrected chi connectivity index (χ0v) is 19.2. The van der Waals surface area contributed by atoms with Crippen molar-refractivity contribution >= 4 is 0 Å². The van der Waals surface area contributed by atoms with Crippen molar-refractivity contribution in [2.24, 2.45) is 0 Å². The summed E-state index contributed by atoms with van der Waals surface area (Å²) in [6.07, 6.45) is 6.01. The van der Waals surface area contributed by atoms with E-state index >= 15 is 0 Å². The van der Waals surface area contributed by atoms with Crippen molar-refractivity contribution in [1.29, 1.82) is 0 Å². The van der Waals surface area contributed by atoms with E-state index in [4.69, 9.17) is 19.4 Å². The van der Waals surface area contributed by atoms with Gasteiger partial charge in [-0.05, 0) is 26.0 Å². The first-order valence-electron chi connectivity index (χ1n) is 9.00. The molecule has 4 heterocycles. The summed E-state index contributed by atoms with van der Waals surface area (Å²) in [5, 5.41) is 8.58. The van der Waals surface area contributed by atoms with E-state index in [2.05, 4.69) is 36.4 Å². The number of ether oxygens (including phenoxy) is 2. The largest absolute Gasteiger partial charge is 2.00 e. The van der Waals surface area contributed by atoms with E-state index in [1.165, 1.54) is 0 Å². The van der Waals surface area contributed by atoms with Crippen LogP contribution in [0.2, 0.25) is 0 Å². The van der Waals surface area contributed by atoms with E-state index in [0.717, 1.165) is 11.4 Å². The number of pyridine rings is 2. The van der Waals surface area contributed by atoms with Crippen LogP contribution >= 0.6 is 0 Å². The Morgan fingerprint density at radius 2 is 1.20 bits per heavy atom. The molecule has 0 aliphatic rings. The van der Waals surface area contributed by atoms with Gasteiger partial charge in [0.2, 0.25) is 0 Å². The monoisotopic (exact) mass is 583 g/mol. The molecular weight excluding hydrogens is 563 g/mol. The smallest absolute Gasteiger partial charge is 0.536 e. The Kier molecular flexibility index (Phi) is 6.36. The molecular formula is C21H20N6O2Pt. The van der Waals surface area contributed by atoms with Gasteiger partial charge in [-0.15, -0.1) is 0 Å². The Morgan fingerprint density at radius 1 is 0.767 bits per heavy atom. The van der Waals surface area contributed by atoms with Gasteiger partial charge in [-0.1, -0.05) is 48.8 Å². The van der Waals surface area contributed by atoms with Gasteiger partial charge >= 0.3 is 21.1 Å². The third-order valence-electron chi connectivity index (χ3n) is 4.62. The van der Waals surface area contributed by atoms with E-state index in [0.29, 0.717) is 23.4 Å². The first-order valence-corrected chi connectivity index (χ1v) is 9.00. The molecule has 0 saturated carbocycles. The second-order valence-electron chi connectivity index (χ2n) is 6.84. The molecule has 0 radical (unpaired) electrons. The van der Waals surface area contributed by atoms with Crippen molar-refractivity contribution in [2.75, 3.05) is 14.2 Å². The van der Waals surface area contributed by atoms with E-state index < -0.39 is 5.41 Å². The third-order valence-corrected chi connectivity index (χ3v) is 4.62. The van der Waals surface area contributed by atoms with Crippen LogP contribution in [0, 0.1) is 12.4 Å². The Hall–Kier alpha value is -2.99. The van der Waals surface area contributed by atoms with Crippen LogP contribution in [0.1, 0.15) is 25.2 Å². The minimum atomic E-state index is -0.458. The minimum Gasteiger partial charge on any atom is -0.536 e. The predicted molar refractivity (Wildman–Crippen MR) is 106 cm³/mol. The van der Waals surface area contributed by atoms with Gasteiger partial charge in [0.1, 0.15) is 11.8 Å².